The number of nitrogens with zero attached hydrogens (tertiary/aromatic N) is 1. The standard InChI is InChI=1S/C20H18ClNO3S/c1-3-25-17-9-8-16(21)10-15(17)11-18-19(23)22(20(24)26-18)12-14-6-4-13(2)5-7-14/h4-11H,3,12H2,1-2H3/b18-11-. The molecule has 1 aliphatic heterocycles. The van der Waals surface area contributed by atoms with Crippen molar-refractivity contribution in [1.82, 2.24) is 4.90 Å². The second-order valence-corrected chi connectivity index (χ2v) is 7.30. The molecular formula is C20H18ClNO3S. The Morgan fingerprint density at radius 3 is 2.58 bits per heavy atom. The third-order valence-corrected chi connectivity index (χ3v) is 5.04. The van der Waals surface area contributed by atoms with Gasteiger partial charge in [0.15, 0.2) is 0 Å². The van der Waals surface area contributed by atoms with E-state index < -0.39 is 0 Å². The van der Waals surface area contributed by atoms with Crippen molar-refractivity contribution in [2.75, 3.05) is 6.61 Å². The first kappa shape index (κ1) is 18.5. The number of ether oxygens (including phenoxy) is 1. The summed E-state index contributed by atoms with van der Waals surface area (Å²) < 4.78 is 5.58. The molecule has 0 aromatic heterocycles. The lowest BCUT2D eigenvalue weighted by molar-refractivity contribution is -0.123. The number of carbonyl (C=O) groups is 2. The van der Waals surface area contributed by atoms with Crippen LogP contribution < -0.4 is 4.74 Å². The highest BCUT2D eigenvalue weighted by atomic mass is 35.5. The number of halogens is 1. The van der Waals surface area contributed by atoms with E-state index in [4.69, 9.17) is 16.3 Å². The highest BCUT2D eigenvalue weighted by molar-refractivity contribution is 8.18. The molecule has 0 atom stereocenters. The van der Waals surface area contributed by atoms with Crippen LogP contribution in [-0.2, 0) is 11.3 Å². The van der Waals surface area contributed by atoms with Crippen molar-refractivity contribution in [3.8, 4) is 5.75 Å². The lowest BCUT2D eigenvalue weighted by atomic mass is 10.1. The number of carbonyl (C=O) groups excluding carboxylic acids is 2. The first-order chi connectivity index (χ1) is 12.5. The molecule has 6 heteroatoms. The van der Waals surface area contributed by atoms with Crippen molar-refractivity contribution in [2.24, 2.45) is 0 Å². The molecule has 1 heterocycles. The molecule has 0 radical (unpaired) electrons. The number of thioether (sulfide) groups is 1. The first-order valence-corrected chi connectivity index (χ1v) is 9.40. The van der Waals surface area contributed by atoms with Crippen LogP contribution in [0.5, 0.6) is 5.75 Å². The van der Waals surface area contributed by atoms with Gasteiger partial charge in [0, 0.05) is 10.6 Å². The fourth-order valence-electron chi connectivity index (χ4n) is 2.57. The molecule has 2 aromatic rings. The summed E-state index contributed by atoms with van der Waals surface area (Å²) in [5, 5.41) is 0.264. The molecule has 1 fully saturated rings. The molecule has 26 heavy (non-hydrogen) atoms. The third kappa shape index (κ3) is 4.11. The maximum absolute atomic E-state index is 12.7. The summed E-state index contributed by atoms with van der Waals surface area (Å²) in [6.07, 6.45) is 1.66. The third-order valence-electron chi connectivity index (χ3n) is 3.89. The van der Waals surface area contributed by atoms with Crippen molar-refractivity contribution < 1.29 is 14.3 Å². The summed E-state index contributed by atoms with van der Waals surface area (Å²) >= 11 is 6.99. The minimum Gasteiger partial charge on any atom is -0.493 e. The van der Waals surface area contributed by atoms with E-state index in [1.165, 1.54) is 4.90 Å². The van der Waals surface area contributed by atoms with Crippen molar-refractivity contribution in [3.63, 3.8) is 0 Å². The molecule has 2 amide bonds. The van der Waals surface area contributed by atoms with Crippen molar-refractivity contribution >= 4 is 40.6 Å². The topological polar surface area (TPSA) is 46.6 Å². The normalized spacial score (nSPS) is 15.8. The van der Waals surface area contributed by atoms with E-state index in [1.54, 1.807) is 24.3 Å². The Morgan fingerprint density at radius 2 is 1.88 bits per heavy atom. The smallest absolute Gasteiger partial charge is 0.293 e. The zero-order valence-electron chi connectivity index (χ0n) is 14.5. The van der Waals surface area contributed by atoms with Crippen LogP contribution in [0.3, 0.4) is 0 Å². The van der Waals surface area contributed by atoms with Crippen LogP contribution in [0, 0.1) is 6.92 Å². The van der Waals surface area contributed by atoms with E-state index in [9.17, 15) is 9.59 Å². The molecule has 134 valence electrons. The maximum Gasteiger partial charge on any atom is 0.293 e. The average Bonchev–Trinajstić information content (AvgIpc) is 2.87. The van der Waals surface area contributed by atoms with Crippen molar-refractivity contribution in [1.29, 1.82) is 0 Å². The van der Waals surface area contributed by atoms with Crippen LogP contribution in [-0.4, -0.2) is 22.7 Å². The molecule has 0 spiro atoms. The van der Waals surface area contributed by atoms with Gasteiger partial charge in [0.25, 0.3) is 11.1 Å². The summed E-state index contributed by atoms with van der Waals surface area (Å²) in [6, 6.07) is 13.0. The van der Waals surface area contributed by atoms with Gasteiger partial charge in [0.2, 0.25) is 0 Å². The van der Waals surface area contributed by atoms with E-state index in [1.807, 2.05) is 38.1 Å². The zero-order valence-corrected chi connectivity index (χ0v) is 16.1. The summed E-state index contributed by atoms with van der Waals surface area (Å²) in [5.74, 6) is 0.324. The van der Waals surface area contributed by atoms with Gasteiger partial charge < -0.3 is 4.74 Å². The molecule has 0 aliphatic carbocycles. The number of aryl methyl sites for hydroxylation is 1. The lowest BCUT2D eigenvalue weighted by Crippen LogP contribution is -2.27. The first-order valence-electron chi connectivity index (χ1n) is 8.21. The van der Waals surface area contributed by atoms with E-state index in [2.05, 4.69) is 0 Å². The maximum atomic E-state index is 12.7. The van der Waals surface area contributed by atoms with Crippen LogP contribution in [0.4, 0.5) is 4.79 Å². The monoisotopic (exact) mass is 387 g/mol. The minimum atomic E-state index is -0.303. The fraction of sp³-hybridized carbons (Fsp3) is 0.200. The molecule has 1 saturated heterocycles. The van der Waals surface area contributed by atoms with Gasteiger partial charge in [-0.1, -0.05) is 41.4 Å². The molecule has 0 bridgehead atoms. The van der Waals surface area contributed by atoms with Gasteiger partial charge in [-0.3, -0.25) is 14.5 Å². The zero-order chi connectivity index (χ0) is 18.7. The van der Waals surface area contributed by atoms with Crippen molar-refractivity contribution in [3.05, 3.63) is 69.1 Å². The van der Waals surface area contributed by atoms with Crippen LogP contribution in [0.2, 0.25) is 5.02 Å². The van der Waals surface area contributed by atoms with Crippen LogP contribution >= 0.6 is 23.4 Å². The second-order valence-electron chi connectivity index (χ2n) is 5.87. The van der Waals surface area contributed by atoms with Gasteiger partial charge in [0.05, 0.1) is 18.1 Å². The molecule has 2 aromatic carbocycles. The molecule has 3 rings (SSSR count). The summed E-state index contributed by atoms with van der Waals surface area (Å²) in [4.78, 5) is 26.6. The Kier molecular flexibility index (Phi) is 5.69. The van der Waals surface area contributed by atoms with E-state index in [-0.39, 0.29) is 17.7 Å². The van der Waals surface area contributed by atoms with E-state index in [0.717, 1.165) is 22.9 Å². The summed E-state index contributed by atoms with van der Waals surface area (Å²) in [5.41, 5.74) is 2.73. The number of hydrogen-bond donors (Lipinski definition) is 0. The SMILES string of the molecule is CCOc1ccc(Cl)cc1/C=C1\SC(=O)N(Cc2ccc(C)cc2)C1=O. The minimum absolute atomic E-state index is 0.260. The van der Waals surface area contributed by atoms with Crippen LogP contribution in [0.1, 0.15) is 23.6 Å². The van der Waals surface area contributed by atoms with Gasteiger partial charge in [-0.05, 0) is 55.4 Å². The predicted molar refractivity (Wildman–Crippen MR) is 105 cm³/mol. The van der Waals surface area contributed by atoms with Gasteiger partial charge in [0.1, 0.15) is 5.75 Å². The Morgan fingerprint density at radius 1 is 1.15 bits per heavy atom. The Labute approximate surface area is 161 Å². The summed E-state index contributed by atoms with van der Waals surface area (Å²) in [6.45, 7) is 4.63. The fourth-order valence-corrected chi connectivity index (χ4v) is 3.58. The number of rotatable bonds is 5. The summed E-state index contributed by atoms with van der Waals surface area (Å²) in [7, 11) is 0. The molecule has 0 N–H and O–H groups in total. The Hall–Kier alpha value is -2.24. The molecule has 0 unspecified atom stereocenters. The lowest BCUT2D eigenvalue weighted by Gasteiger charge is -2.12. The molecule has 4 nitrogen and oxygen atoms in total. The molecular weight excluding hydrogens is 370 g/mol. The second kappa shape index (κ2) is 7.98. The van der Waals surface area contributed by atoms with Gasteiger partial charge in [-0.15, -0.1) is 0 Å². The number of benzene rings is 2. The Balaban J connectivity index is 1.85. The van der Waals surface area contributed by atoms with Gasteiger partial charge in [-0.25, -0.2) is 0 Å². The highest BCUT2D eigenvalue weighted by Crippen LogP contribution is 2.35. The largest absolute Gasteiger partial charge is 0.493 e. The number of imide groups is 1. The quantitative estimate of drug-likeness (QED) is 0.654. The van der Waals surface area contributed by atoms with Crippen LogP contribution in [0.15, 0.2) is 47.4 Å². The molecule has 0 saturated carbocycles. The number of hydrogen-bond acceptors (Lipinski definition) is 4. The Bertz CT molecular complexity index is 877. The molecule has 1 aliphatic rings. The highest BCUT2D eigenvalue weighted by Gasteiger charge is 2.35. The van der Waals surface area contributed by atoms with Crippen LogP contribution in [0.25, 0.3) is 6.08 Å². The average molecular weight is 388 g/mol. The van der Waals surface area contributed by atoms with E-state index in [0.29, 0.717) is 27.8 Å². The predicted octanol–water partition coefficient (Wildman–Crippen LogP) is 5.28. The van der Waals surface area contributed by atoms with E-state index >= 15 is 0 Å². The van der Waals surface area contributed by atoms with Gasteiger partial charge in [-0.2, -0.15) is 0 Å². The van der Waals surface area contributed by atoms with Gasteiger partial charge >= 0.3 is 0 Å². The number of amides is 2. The van der Waals surface area contributed by atoms with Crippen molar-refractivity contribution in [2.45, 2.75) is 20.4 Å².